The summed E-state index contributed by atoms with van der Waals surface area (Å²) < 4.78 is 5.74. The Labute approximate surface area is 187 Å². The zero-order valence-electron chi connectivity index (χ0n) is 17.5. The van der Waals surface area contributed by atoms with Crippen LogP contribution >= 0.6 is 24.0 Å². The van der Waals surface area contributed by atoms with Gasteiger partial charge in [0, 0.05) is 32.7 Å². The van der Waals surface area contributed by atoms with Gasteiger partial charge in [-0.2, -0.15) is 0 Å². The number of guanidine groups is 1. The Morgan fingerprint density at radius 2 is 1.96 bits per heavy atom. The highest BCUT2D eigenvalue weighted by atomic mass is 127. The largest absolute Gasteiger partial charge is 0.468 e. The maximum absolute atomic E-state index is 5.74. The van der Waals surface area contributed by atoms with Crippen molar-refractivity contribution in [2.75, 3.05) is 46.8 Å². The fourth-order valence-corrected chi connectivity index (χ4v) is 4.41. The van der Waals surface area contributed by atoms with Crippen LogP contribution in [0.3, 0.4) is 0 Å². The molecule has 28 heavy (non-hydrogen) atoms. The van der Waals surface area contributed by atoms with Crippen LogP contribution < -0.4 is 10.6 Å². The smallest absolute Gasteiger partial charge is 0.191 e. The molecule has 1 aliphatic heterocycles. The molecule has 160 valence electrons. The number of nitrogens with zero attached hydrogens (tertiary/aromatic N) is 3. The van der Waals surface area contributed by atoms with Gasteiger partial charge in [-0.05, 0) is 58.0 Å². The fraction of sp³-hybridized carbons (Fsp3) is 0.762. The average Bonchev–Trinajstić information content (AvgIpc) is 3.41. The van der Waals surface area contributed by atoms with Gasteiger partial charge in [0.05, 0.1) is 12.3 Å². The summed E-state index contributed by atoms with van der Waals surface area (Å²) in [7, 11) is 4.09. The van der Waals surface area contributed by atoms with Crippen molar-refractivity contribution in [2.24, 2.45) is 4.99 Å². The molecular formula is C21H38IN5O. The number of nitrogens with one attached hydrogen (secondary N) is 2. The van der Waals surface area contributed by atoms with Crippen molar-refractivity contribution in [3.63, 3.8) is 0 Å². The molecule has 1 aromatic rings. The lowest BCUT2D eigenvalue weighted by molar-refractivity contribution is 0.146. The van der Waals surface area contributed by atoms with Crippen LogP contribution in [0.2, 0.25) is 0 Å². The van der Waals surface area contributed by atoms with Gasteiger partial charge in [-0.25, -0.2) is 0 Å². The Bertz CT molecular complexity index is 553. The van der Waals surface area contributed by atoms with Crippen LogP contribution in [0.5, 0.6) is 0 Å². The van der Waals surface area contributed by atoms with E-state index in [9.17, 15) is 0 Å². The maximum Gasteiger partial charge on any atom is 0.191 e. The first kappa shape index (κ1) is 23.5. The van der Waals surface area contributed by atoms with Crippen molar-refractivity contribution in [3.05, 3.63) is 24.2 Å². The van der Waals surface area contributed by atoms with Crippen LogP contribution in [0.25, 0.3) is 0 Å². The molecule has 2 aliphatic rings. The lowest BCUT2D eigenvalue weighted by Crippen LogP contribution is -2.46. The van der Waals surface area contributed by atoms with E-state index in [2.05, 4.69) is 38.5 Å². The molecule has 1 aliphatic carbocycles. The molecule has 3 rings (SSSR count). The lowest BCUT2D eigenvalue weighted by atomic mass is 10.1. The van der Waals surface area contributed by atoms with E-state index in [-0.39, 0.29) is 30.0 Å². The second-order valence-corrected chi connectivity index (χ2v) is 7.93. The minimum Gasteiger partial charge on any atom is -0.468 e. The average molecular weight is 503 g/mol. The van der Waals surface area contributed by atoms with Crippen molar-refractivity contribution in [2.45, 2.75) is 57.0 Å². The number of piperidine rings is 1. The van der Waals surface area contributed by atoms with E-state index in [1.54, 1.807) is 6.26 Å². The number of aliphatic imine (C=N–C) groups is 1. The quantitative estimate of drug-likeness (QED) is 0.323. The SMILES string of the molecule is CN=C(NCCN(C)C1CCCC1)NCC(c1ccco1)N1CCCCC1.I. The molecule has 7 heteroatoms. The molecule has 0 radical (unpaired) electrons. The fourth-order valence-electron chi connectivity index (χ4n) is 4.41. The van der Waals surface area contributed by atoms with Crippen LogP contribution in [0, 0.1) is 0 Å². The second kappa shape index (κ2) is 12.7. The van der Waals surface area contributed by atoms with E-state index in [4.69, 9.17) is 4.42 Å². The molecule has 0 amide bonds. The summed E-state index contributed by atoms with van der Waals surface area (Å²) in [5.41, 5.74) is 0. The molecule has 1 saturated heterocycles. The summed E-state index contributed by atoms with van der Waals surface area (Å²) in [5.74, 6) is 1.92. The summed E-state index contributed by atoms with van der Waals surface area (Å²) in [6, 6.07) is 5.11. The lowest BCUT2D eigenvalue weighted by Gasteiger charge is -2.33. The van der Waals surface area contributed by atoms with Gasteiger partial charge in [-0.1, -0.05) is 19.3 Å². The summed E-state index contributed by atoms with van der Waals surface area (Å²) >= 11 is 0. The molecule has 1 saturated carbocycles. The number of rotatable bonds is 8. The van der Waals surface area contributed by atoms with E-state index in [1.165, 1.54) is 44.9 Å². The Morgan fingerprint density at radius 1 is 1.21 bits per heavy atom. The normalized spacial score (nSPS) is 20.2. The molecule has 0 bridgehead atoms. The van der Waals surface area contributed by atoms with Gasteiger partial charge in [-0.15, -0.1) is 24.0 Å². The summed E-state index contributed by atoms with van der Waals surface area (Å²) in [5, 5.41) is 6.99. The number of furan rings is 1. The third-order valence-electron chi connectivity index (χ3n) is 6.09. The Kier molecular flexibility index (Phi) is 10.6. The van der Waals surface area contributed by atoms with Crippen LogP contribution in [0.4, 0.5) is 0 Å². The predicted molar refractivity (Wildman–Crippen MR) is 127 cm³/mol. The van der Waals surface area contributed by atoms with Crippen molar-refractivity contribution in [1.29, 1.82) is 0 Å². The molecule has 0 spiro atoms. The van der Waals surface area contributed by atoms with Gasteiger partial charge in [0.1, 0.15) is 5.76 Å². The first-order valence-electron chi connectivity index (χ1n) is 10.7. The Hall–Kier alpha value is -0.800. The number of halogens is 1. The van der Waals surface area contributed by atoms with Crippen LogP contribution in [-0.4, -0.2) is 68.6 Å². The zero-order valence-corrected chi connectivity index (χ0v) is 19.9. The van der Waals surface area contributed by atoms with E-state index >= 15 is 0 Å². The van der Waals surface area contributed by atoms with E-state index in [1.807, 2.05) is 13.1 Å². The molecule has 2 N–H and O–H groups in total. The third kappa shape index (κ3) is 6.91. The summed E-state index contributed by atoms with van der Waals surface area (Å²) in [6.45, 7) is 5.07. The van der Waals surface area contributed by atoms with Gasteiger partial charge in [-0.3, -0.25) is 9.89 Å². The van der Waals surface area contributed by atoms with E-state index < -0.39 is 0 Å². The van der Waals surface area contributed by atoms with Crippen molar-refractivity contribution >= 4 is 29.9 Å². The van der Waals surface area contributed by atoms with Gasteiger partial charge < -0.3 is 20.0 Å². The highest BCUT2D eigenvalue weighted by Crippen LogP contribution is 2.24. The number of likely N-dealkylation sites (tertiary alicyclic amines) is 1. The molecule has 0 aromatic carbocycles. The number of hydrogen-bond acceptors (Lipinski definition) is 4. The molecule has 6 nitrogen and oxygen atoms in total. The summed E-state index contributed by atoms with van der Waals surface area (Å²) in [4.78, 5) is 9.44. The van der Waals surface area contributed by atoms with Crippen LogP contribution in [0.1, 0.15) is 56.7 Å². The Balaban J connectivity index is 0.00000280. The Morgan fingerprint density at radius 3 is 2.61 bits per heavy atom. The molecule has 2 heterocycles. The topological polar surface area (TPSA) is 56.0 Å². The third-order valence-corrected chi connectivity index (χ3v) is 6.09. The van der Waals surface area contributed by atoms with Gasteiger partial charge >= 0.3 is 0 Å². The van der Waals surface area contributed by atoms with Crippen LogP contribution in [-0.2, 0) is 0 Å². The van der Waals surface area contributed by atoms with Gasteiger partial charge in [0.2, 0.25) is 0 Å². The monoisotopic (exact) mass is 503 g/mol. The highest BCUT2D eigenvalue weighted by molar-refractivity contribution is 14.0. The molecular weight excluding hydrogens is 465 g/mol. The van der Waals surface area contributed by atoms with E-state index in [0.717, 1.165) is 50.5 Å². The first-order chi connectivity index (χ1) is 13.3. The van der Waals surface area contributed by atoms with E-state index in [0.29, 0.717) is 0 Å². The minimum absolute atomic E-state index is 0. The standard InChI is InChI=1S/C21H37N5O.HI/c1-22-21(23-12-15-25(2)18-9-4-5-10-18)24-17-19(20-11-8-16-27-20)26-13-6-3-7-14-26;/h8,11,16,18-19H,3-7,9-10,12-15,17H2,1-2H3,(H2,22,23,24);1H. The molecule has 2 fully saturated rings. The zero-order chi connectivity index (χ0) is 18.9. The number of hydrogen-bond donors (Lipinski definition) is 2. The molecule has 1 unspecified atom stereocenters. The predicted octanol–water partition coefficient (Wildman–Crippen LogP) is 3.46. The minimum atomic E-state index is 0. The first-order valence-corrected chi connectivity index (χ1v) is 10.7. The maximum atomic E-state index is 5.74. The second-order valence-electron chi connectivity index (χ2n) is 7.93. The number of likely N-dealkylation sites (N-methyl/N-ethyl adjacent to an activating group) is 1. The van der Waals surface area contributed by atoms with Crippen molar-refractivity contribution < 1.29 is 4.42 Å². The molecule has 1 atom stereocenters. The van der Waals surface area contributed by atoms with Crippen molar-refractivity contribution in [3.8, 4) is 0 Å². The van der Waals surface area contributed by atoms with Gasteiger partial charge in [0.25, 0.3) is 0 Å². The van der Waals surface area contributed by atoms with Gasteiger partial charge in [0.15, 0.2) is 5.96 Å². The van der Waals surface area contributed by atoms with Crippen LogP contribution in [0.15, 0.2) is 27.8 Å². The molecule has 1 aromatic heterocycles. The van der Waals surface area contributed by atoms with Crippen molar-refractivity contribution in [1.82, 2.24) is 20.4 Å². The summed E-state index contributed by atoms with van der Waals surface area (Å²) in [6.07, 6.45) is 11.1. The highest BCUT2D eigenvalue weighted by Gasteiger charge is 2.24.